The second-order valence-electron chi connectivity index (χ2n) is 11.6. The zero-order valence-corrected chi connectivity index (χ0v) is 23.6. The lowest BCUT2D eigenvalue weighted by Crippen LogP contribution is -2.45. The zero-order valence-electron chi connectivity index (χ0n) is 23.6. The molecule has 1 amide bonds. The number of benzene rings is 1. The van der Waals surface area contributed by atoms with Gasteiger partial charge in [-0.25, -0.2) is 0 Å². The third kappa shape index (κ3) is 7.50. The van der Waals surface area contributed by atoms with E-state index in [4.69, 9.17) is 9.47 Å². The standard InChI is InChI=1S/C30H46N2O5/c1-7-9-13-31(14-10-8-2)27(33)19-32-18-23(22-11-12-25-26(15-22)37-20-36-25)28(29(34)35)24(32)17-30(5,6)16-21(3)4/h11-12,15-16,23-24,28H,7-10,13-14,17-20H2,1-6H3,(H,34,35)/t23-,24-,28+/m1/s1. The van der Waals surface area contributed by atoms with Gasteiger partial charge in [0.15, 0.2) is 11.5 Å². The summed E-state index contributed by atoms with van der Waals surface area (Å²) in [5.41, 5.74) is 1.92. The summed E-state index contributed by atoms with van der Waals surface area (Å²) in [6, 6.07) is 5.47. The van der Waals surface area contributed by atoms with Crippen molar-refractivity contribution >= 4 is 11.9 Å². The van der Waals surface area contributed by atoms with Crippen LogP contribution in [0, 0.1) is 11.3 Å². The van der Waals surface area contributed by atoms with Crippen molar-refractivity contribution in [2.45, 2.75) is 85.6 Å². The highest BCUT2D eigenvalue weighted by molar-refractivity contribution is 5.79. The molecule has 7 nitrogen and oxygen atoms in total. The van der Waals surface area contributed by atoms with Crippen molar-refractivity contribution in [1.82, 2.24) is 9.80 Å². The van der Waals surface area contributed by atoms with E-state index in [0.717, 1.165) is 44.3 Å². The van der Waals surface area contributed by atoms with E-state index in [0.29, 0.717) is 24.5 Å². The number of carboxylic acids is 1. The van der Waals surface area contributed by atoms with E-state index < -0.39 is 11.9 Å². The number of likely N-dealkylation sites (tertiary alicyclic amines) is 1. The first-order valence-corrected chi connectivity index (χ1v) is 13.9. The fourth-order valence-corrected chi connectivity index (χ4v) is 5.94. The first-order chi connectivity index (χ1) is 17.6. The number of rotatable bonds is 13. The molecule has 0 aliphatic carbocycles. The second kappa shape index (κ2) is 12.8. The molecule has 0 spiro atoms. The van der Waals surface area contributed by atoms with Gasteiger partial charge in [-0.2, -0.15) is 0 Å². The van der Waals surface area contributed by atoms with E-state index in [-0.39, 0.29) is 36.6 Å². The number of unbranched alkanes of at least 4 members (excludes halogenated alkanes) is 2. The molecule has 37 heavy (non-hydrogen) atoms. The molecule has 0 saturated carbocycles. The molecule has 1 N–H and O–H groups in total. The molecule has 1 fully saturated rings. The number of aliphatic carboxylic acids is 1. The summed E-state index contributed by atoms with van der Waals surface area (Å²) in [5.74, 6) is -0.246. The summed E-state index contributed by atoms with van der Waals surface area (Å²) in [4.78, 5) is 30.5. The minimum Gasteiger partial charge on any atom is -0.481 e. The fraction of sp³-hybridized carbons (Fsp3) is 0.667. The van der Waals surface area contributed by atoms with Crippen LogP contribution in [-0.4, -0.2) is 65.8 Å². The molecular formula is C30H46N2O5. The van der Waals surface area contributed by atoms with Crippen LogP contribution in [-0.2, 0) is 9.59 Å². The van der Waals surface area contributed by atoms with Crippen molar-refractivity contribution in [3.63, 3.8) is 0 Å². The number of hydrogen-bond acceptors (Lipinski definition) is 5. The van der Waals surface area contributed by atoms with Crippen molar-refractivity contribution in [3.8, 4) is 11.5 Å². The van der Waals surface area contributed by atoms with Crippen LogP contribution in [0.15, 0.2) is 29.8 Å². The average molecular weight is 515 g/mol. The monoisotopic (exact) mass is 514 g/mol. The van der Waals surface area contributed by atoms with Gasteiger partial charge in [-0.15, -0.1) is 0 Å². The van der Waals surface area contributed by atoms with Gasteiger partial charge in [-0.05, 0) is 56.2 Å². The van der Waals surface area contributed by atoms with E-state index in [1.807, 2.05) is 23.1 Å². The van der Waals surface area contributed by atoms with E-state index in [9.17, 15) is 14.7 Å². The summed E-state index contributed by atoms with van der Waals surface area (Å²) in [6.07, 6.45) is 6.90. The number of allylic oxidation sites excluding steroid dienone is 2. The fourth-order valence-electron chi connectivity index (χ4n) is 5.94. The smallest absolute Gasteiger partial charge is 0.308 e. The Morgan fingerprint density at radius 2 is 1.76 bits per heavy atom. The molecule has 2 aliphatic rings. The number of carbonyl (C=O) groups is 2. The van der Waals surface area contributed by atoms with Gasteiger partial charge in [0.2, 0.25) is 12.7 Å². The predicted octanol–water partition coefficient (Wildman–Crippen LogP) is 5.70. The molecule has 206 valence electrons. The van der Waals surface area contributed by atoms with E-state index in [1.165, 1.54) is 5.57 Å². The van der Waals surface area contributed by atoms with Gasteiger partial charge in [0.25, 0.3) is 0 Å². The van der Waals surface area contributed by atoms with Crippen LogP contribution in [0.2, 0.25) is 0 Å². The van der Waals surface area contributed by atoms with Crippen molar-refractivity contribution in [3.05, 3.63) is 35.4 Å². The molecule has 7 heteroatoms. The summed E-state index contributed by atoms with van der Waals surface area (Å²) in [7, 11) is 0. The van der Waals surface area contributed by atoms with Crippen molar-refractivity contribution < 1.29 is 24.2 Å². The molecule has 0 unspecified atom stereocenters. The van der Waals surface area contributed by atoms with Crippen LogP contribution in [0.1, 0.15) is 85.1 Å². The summed E-state index contributed by atoms with van der Waals surface area (Å²) in [6.45, 7) is 15.2. The average Bonchev–Trinajstić information content (AvgIpc) is 3.42. The maximum atomic E-state index is 13.6. The lowest BCUT2D eigenvalue weighted by atomic mass is 9.77. The normalized spacial score (nSPS) is 21.2. The van der Waals surface area contributed by atoms with Gasteiger partial charge in [0.1, 0.15) is 0 Å². The maximum Gasteiger partial charge on any atom is 0.308 e. The van der Waals surface area contributed by atoms with Crippen LogP contribution < -0.4 is 9.47 Å². The third-order valence-electron chi connectivity index (χ3n) is 7.53. The highest BCUT2D eigenvalue weighted by Gasteiger charge is 2.48. The molecule has 0 radical (unpaired) electrons. The highest BCUT2D eigenvalue weighted by atomic mass is 16.7. The van der Waals surface area contributed by atoms with E-state index >= 15 is 0 Å². The summed E-state index contributed by atoms with van der Waals surface area (Å²) < 4.78 is 11.1. The topological polar surface area (TPSA) is 79.3 Å². The van der Waals surface area contributed by atoms with Gasteiger partial charge in [0, 0.05) is 31.6 Å². The van der Waals surface area contributed by atoms with Gasteiger partial charge >= 0.3 is 5.97 Å². The van der Waals surface area contributed by atoms with Crippen molar-refractivity contribution in [1.29, 1.82) is 0 Å². The largest absolute Gasteiger partial charge is 0.481 e. The number of carboxylic acid groups (broad SMARTS) is 1. The number of fused-ring (bicyclic) bond motifs is 1. The Balaban J connectivity index is 1.93. The Hall–Kier alpha value is -2.54. The van der Waals surface area contributed by atoms with Gasteiger partial charge in [0.05, 0.1) is 12.5 Å². The van der Waals surface area contributed by atoms with Crippen molar-refractivity contribution in [2.75, 3.05) is 33.0 Å². The molecule has 2 aliphatic heterocycles. The Morgan fingerprint density at radius 3 is 2.35 bits per heavy atom. The molecule has 3 atom stereocenters. The first-order valence-electron chi connectivity index (χ1n) is 13.9. The van der Waals surface area contributed by atoms with Gasteiger partial charge in [-0.1, -0.05) is 58.3 Å². The Bertz CT molecular complexity index is 961. The molecule has 1 aromatic rings. The zero-order chi connectivity index (χ0) is 27.2. The lowest BCUT2D eigenvalue weighted by Gasteiger charge is -2.34. The first kappa shape index (κ1) is 29.0. The minimum atomic E-state index is -0.815. The molecule has 2 heterocycles. The summed E-state index contributed by atoms with van der Waals surface area (Å²) in [5, 5.41) is 10.5. The highest BCUT2D eigenvalue weighted by Crippen LogP contribution is 2.45. The quantitative estimate of drug-likeness (QED) is 0.341. The van der Waals surface area contributed by atoms with Crippen LogP contribution in [0.3, 0.4) is 0 Å². The number of ether oxygens (including phenoxy) is 2. The molecule has 1 saturated heterocycles. The predicted molar refractivity (Wildman–Crippen MR) is 146 cm³/mol. The van der Waals surface area contributed by atoms with Crippen LogP contribution in [0.5, 0.6) is 11.5 Å². The second-order valence-corrected chi connectivity index (χ2v) is 11.6. The number of amides is 1. The Labute approximate surface area is 222 Å². The Morgan fingerprint density at radius 1 is 1.11 bits per heavy atom. The van der Waals surface area contributed by atoms with Gasteiger partial charge in [-0.3, -0.25) is 14.5 Å². The van der Waals surface area contributed by atoms with E-state index in [1.54, 1.807) is 0 Å². The molecule has 1 aromatic carbocycles. The number of carbonyl (C=O) groups excluding carboxylic acids is 1. The van der Waals surface area contributed by atoms with Crippen LogP contribution >= 0.6 is 0 Å². The van der Waals surface area contributed by atoms with Crippen LogP contribution in [0.25, 0.3) is 0 Å². The molecular weight excluding hydrogens is 468 g/mol. The Kier molecular flexibility index (Phi) is 10.0. The molecule has 3 rings (SSSR count). The summed E-state index contributed by atoms with van der Waals surface area (Å²) >= 11 is 0. The minimum absolute atomic E-state index is 0.0994. The number of nitrogens with zero attached hydrogens (tertiary/aromatic N) is 2. The maximum absolute atomic E-state index is 13.6. The van der Waals surface area contributed by atoms with Crippen molar-refractivity contribution in [2.24, 2.45) is 11.3 Å². The van der Waals surface area contributed by atoms with E-state index in [2.05, 4.69) is 52.5 Å². The van der Waals surface area contributed by atoms with Gasteiger partial charge < -0.3 is 19.5 Å². The van der Waals surface area contributed by atoms with Crippen LogP contribution in [0.4, 0.5) is 0 Å². The third-order valence-corrected chi connectivity index (χ3v) is 7.53. The number of hydrogen-bond donors (Lipinski definition) is 1. The molecule has 0 bridgehead atoms. The SMILES string of the molecule is CCCCN(CCCC)C(=O)CN1C[C@H](c2ccc3c(c2)OCO3)[C@H](C(=O)O)[C@H]1CC(C)(C)C=C(C)C. The molecule has 0 aromatic heterocycles. The lowest BCUT2D eigenvalue weighted by molar-refractivity contribution is -0.144.